The molecule has 0 aromatic carbocycles. The quantitative estimate of drug-likeness (QED) is 0.683. The molecule has 0 aromatic heterocycles. The number of amides is 1. The minimum atomic E-state index is -0.215. The summed E-state index contributed by atoms with van der Waals surface area (Å²) in [5, 5.41) is 2.85. The molecule has 70 valence electrons. The van der Waals surface area contributed by atoms with Gasteiger partial charge in [-0.1, -0.05) is 0 Å². The van der Waals surface area contributed by atoms with Gasteiger partial charge in [0.2, 0.25) is 5.91 Å². The molecule has 3 nitrogen and oxygen atoms in total. The highest BCUT2D eigenvalue weighted by Gasteiger charge is 2.36. The number of hydrogen-bond acceptors (Lipinski definition) is 2. The van der Waals surface area contributed by atoms with Gasteiger partial charge in [0.05, 0.1) is 0 Å². The maximum Gasteiger partial charge on any atom is 0.249 e. The average Bonchev–Trinajstić information content (AvgIpc) is 2.70. The van der Waals surface area contributed by atoms with Crippen LogP contribution in [-0.2, 0) is 9.53 Å². The van der Waals surface area contributed by atoms with E-state index in [-0.39, 0.29) is 18.1 Å². The highest BCUT2D eigenvalue weighted by molar-refractivity contribution is 5.81. The van der Waals surface area contributed by atoms with E-state index in [9.17, 15) is 4.79 Å². The summed E-state index contributed by atoms with van der Waals surface area (Å²) < 4.78 is 5.12. The molecule has 1 rings (SSSR count). The Hall–Kier alpha value is -0.570. The Morgan fingerprint density at radius 1 is 1.50 bits per heavy atom. The molecular weight excluding hydrogens is 154 g/mol. The molecular formula is C9H17NO2. The predicted octanol–water partition coefficient (Wildman–Crippen LogP) is 0.936. The van der Waals surface area contributed by atoms with Crippen LogP contribution in [-0.4, -0.2) is 25.2 Å². The molecule has 1 N–H and O–H groups in total. The Balaban J connectivity index is 2.36. The number of methoxy groups -OCH3 is 1. The third-order valence-electron chi connectivity index (χ3n) is 1.99. The van der Waals surface area contributed by atoms with Gasteiger partial charge in [0.25, 0.3) is 0 Å². The van der Waals surface area contributed by atoms with Crippen molar-refractivity contribution in [3.63, 3.8) is 0 Å². The first-order valence-corrected chi connectivity index (χ1v) is 4.48. The van der Waals surface area contributed by atoms with Crippen molar-refractivity contribution in [2.75, 3.05) is 7.11 Å². The molecule has 0 aliphatic heterocycles. The topological polar surface area (TPSA) is 38.3 Å². The number of carbonyl (C=O) groups excluding carboxylic acids is 1. The Morgan fingerprint density at radius 2 is 2.08 bits per heavy atom. The second-order valence-corrected chi connectivity index (χ2v) is 3.66. The number of ether oxygens (including phenoxy) is 1. The van der Waals surface area contributed by atoms with E-state index in [2.05, 4.69) is 5.32 Å². The van der Waals surface area contributed by atoms with Crippen molar-refractivity contribution in [2.45, 2.75) is 38.8 Å². The van der Waals surface area contributed by atoms with Crippen LogP contribution in [0.5, 0.6) is 0 Å². The zero-order valence-corrected chi connectivity index (χ0v) is 7.96. The highest BCUT2D eigenvalue weighted by atomic mass is 16.5. The summed E-state index contributed by atoms with van der Waals surface area (Å²) in [7, 11) is 1.60. The van der Waals surface area contributed by atoms with Crippen LogP contribution in [0.3, 0.4) is 0 Å². The van der Waals surface area contributed by atoms with Gasteiger partial charge in [-0.3, -0.25) is 4.79 Å². The molecule has 1 aliphatic rings. The fourth-order valence-corrected chi connectivity index (χ4v) is 1.28. The monoisotopic (exact) mass is 171 g/mol. The minimum Gasteiger partial charge on any atom is -0.371 e. The molecule has 1 atom stereocenters. The minimum absolute atomic E-state index is 0.0370. The van der Waals surface area contributed by atoms with E-state index in [1.165, 1.54) is 0 Å². The highest BCUT2D eigenvalue weighted by Crippen LogP contribution is 2.34. The summed E-state index contributed by atoms with van der Waals surface area (Å²) >= 11 is 0. The first kappa shape index (κ1) is 9.52. The van der Waals surface area contributed by atoms with Crippen LogP contribution in [0.15, 0.2) is 0 Å². The van der Waals surface area contributed by atoms with Crippen molar-refractivity contribution >= 4 is 5.91 Å². The lowest BCUT2D eigenvalue weighted by atomic mass is 10.2. The first-order valence-electron chi connectivity index (χ1n) is 4.48. The lowest BCUT2D eigenvalue weighted by Crippen LogP contribution is -2.40. The number of carbonyl (C=O) groups is 1. The summed E-state index contributed by atoms with van der Waals surface area (Å²) in [6.45, 7) is 3.91. The number of nitrogens with one attached hydrogen (secondary N) is 1. The molecule has 0 spiro atoms. The fourth-order valence-electron chi connectivity index (χ4n) is 1.28. The van der Waals surface area contributed by atoms with Gasteiger partial charge in [0.1, 0.15) is 6.10 Å². The lowest BCUT2D eigenvalue weighted by Gasteiger charge is -2.16. The molecule has 1 amide bonds. The Morgan fingerprint density at radius 3 is 2.42 bits per heavy atom. The molecule has 0 radical (unpaired) electrons. The largest absolute Gasteiger partial charge is 0.371 e. The standard InChI is InChI=1S/C9H17NO2/c1-6(2)10-9(11)8(12-3)7-4-5-7/h6-8H,4-5H2,1-3H3,(H,10,11). The second kappa shape index (κ2) is 3.90. The lowest BCUT2D eigenvalue weighted by molar-refractivity contribution is -0.132. The van der Waals surface area contributed by atoms with E-state index in [0.29, 0.717) is 5.92 Å². The molecule has 0 bridgehead atoms. The Labute approximate surface area is 73.5 Å². The van der Waals surface area contributed by atoms with Gasteiger partial charge >= 0.3 is 0 Å². The Bertz CT molecular complexity index is 164. The molecule has 1 fully saturated rings. The van der Waals surface area contributed by atoms with Crippen molar-refractivity contribution in [1.29, 1.82) is 0 Å². The van der Waals surface area contributed by atoms with Crippen LogP contribution >= 0.6 is 0 Å². The van der Waals surface area contributed by atoms with Gasteiger partial charge in [0.15, 0.2) is 0 Å². The summed E-state index contributed by atoms with van der Waals surface area (Å²) in [5.74, 6) is 0.503. The molecule has 1 saturated carbocycles. The van der Waals surface area contributed by atoms with E-state index < -0.39 is 0 Å². The van der Waals surface area contributed by atoms with Crippen molar-refractivity contribution in [2.24, 2.45) is 5.92 Å². The van der Waals surface area contributed by atoms with Crippen molar-refractivity contribution in [3.05, 3.63) is 0 Å². The van der Waals surface area contributed by atoms with E-state index >= 15 is 0 Å². The van der Waals surface area contributed by atoms with E-state index in [4.69, 9.17) is 4.74 Å². The van der Waals surface area contributed by atoms with Crippen molar-refractivity contribution in [1.82, 2.24) is 5.32 Å². The van der Waals surface area contributed by atoms with E-state index in [1.807, 2.05) is 13.8 Å². The molecule has 1 aliphatic carbocycles. The van der Waals surface area contributed by atoms with Gasteiger partial charge in [-0.05, 0) is 32.6 Å². The van der Waals surface area contributed by atoms with Gasteiger partial charge in [-0.2, -0.15) is 0 Å². The summed E-state index contributed by atoms with van der Waals surface area (Å²) in [5.41, 5.74) is 0. The smallest absolute Gasteiger partial charge is 0.249 e. The van der Waals surface area contributed by atoms with Gasteiger partial charge in [-0.25, -0.2) is 0 Å². The van der Waals surface area contributed by atoms with Crippen LogP contribution in [0, 0.1) is 5.92 Å². The van der Waals surface area contributed by atoms with Gasteiger partial charge in [0, 0.05) is 13.2 Å². The van der Waals surface area contributed by atoms with Crippen molar-refractivity contribution in [3.8, 4) is 0 Å². The molecule has 0 aromatic rings. The van der Waals surface area contributed by atoms with Crippen LogP contribution in [0.2, 0.25) is 0 Å². The maximum absolute atomic E-state index is 11.4. The van der Waals surface area contributed by atoms with E-state index in [1.54, 1.807) is 7.11 Å². The SMILES string of the molecule is COC(C(=O)NC(C)C)C1CC1. The van der Waals surface area contributed by atoms with Crippen LogP contribution in [0.25, 0.3) is 0 Å². The average molecular weight is 171 g/mol. The summed E-state index contributed by atoms with van der Waals surface area (Å²) in [6, 6.07) is 0.203. The first-order chi connectivity index (χ1) is 5.65. The zero-order valence-electron chi connectivity index (χ0n) is 7.96. The molecule has 1 unspecified atom stereocenters. The molecule has 3 heteroatoms. The molecule has 12 heavy (non-hydrogen) atoms. The van der Waals surface area contributed by atoms with Crippen molar-refractivity contribution < 1.29 is 9.53 Å². The van der Waals surface area contributed by atoms with Gasteiger partial charge < -0.3 is 10.1 Å². The predicted molar refractivity (Wildman–Crippen MR) is 46.8 cm³/mol. The Kier molecular flexibility index (Phi) is 3.09. The molecule has 0 heterocycles. The van der Waals surface area contributed by atoms with E-state index in [0.717, 1.165) is 12.8 Å². The third-order valence-corrected chi connectivity index (χ3v) is 1.99. The number of hydrogen-bond donors (Lipinski definition) is 1. The van der Waals surface area contributed by atoms with Crippen LogP contribution in [0.4, 0.5) is 0 Å². The number of rotatable bonds is 4. The summed E-state index contributed by atoms with van der Waals surface area (Å²) in [4.78, 5) is 11.4. The third kappa shape index (κ3) is 2.48. The van der Waals surface area contributed by atoms with Crippen LogP contribution < -0.4 is 5.32 Å². The van der Waals surface area contributed by atoms with Gasteiger partial charge in [-0.15, -0.1) is 0 Å². The maximum atomic E-state index is 11.4. The van der Waals surface area contributed by atoms with Crippen LogP contribution in [0.1, 0.15) is 26.7 Å². The zero-order chi connectivity index (χ0) is 9.14. The normalized spacial score (nSPS) is 19.3. The summed E-state index contributed by atoms with van der Waals surface area (Å²) in [6.07, 6.45) is 2.04. The second-order valence-electron chi connectivity index (χ2n) is 3.66. The molecule has 0 saturated heterocycles. The fraction of sp³-hybridized carbons (Fsp3) is 0.889.